The van der Waals surface area contributed by atoms with E-state index >= 15 is 0 Å². The normalized spacial score (nSPS) is 10.9. The van der Waals surface area contributed by atoms with Gasteiger partial charge < -0.3 is 4.90 Å². The van der Waals surface area contributed by atoms with Crippen molar-refractivity contribution < 1.29 is 0 Å². The summed E-state index contributed by atoms with van der Waals surface area (Å²) in [4.78, 5) is 3.61. The summed E-state index contributed by atoms with van der Waals surface area (Å²) in [6, 6.07) is 49.5. The Morgan fingerprint density at radius 1 is 0.412 bits per heavy atom. The minimum atomic E-state index is 1.14. The van der Waals surface area contributed by atoms with Crippen LogP contribution in [-0.4, -0.2) is 0 Å². The van der Waals surface area contributed by atoms with Crippen LogP contribution in [0, 0.1) is 0 Å². The molecule has 1 heterocycles. The van der Waals surface area contributed by atoms with Crippen molar-refractivity contribution in [3.63, 3.8) is 0 Å². The summed E-state index contributed by atoms with van der Waals surface area (Å²) in [6.07, 6.45) is 0. The van der Waals surface area contributed by atoms with Crippen LogP contribution in [0.15, 0.2) is 140 Å². The second-order valence-electron chi connectivity index (χ2n) is 8.22. The number of hydrogen-bond donors (Lipinski definition) is 0. The van der Waals surface area contributed by atoms with E-state index in [9.17, 15) is 0 Å². The van der Waals surface area contributed by atoms with Gasteiger partial charge in [0.2, 0.25) is 0 Å². The largest absolute Gasteiger partial charge is 0.311 e. The van der Waals surface area contributed by atoms with Gasteiger partial charge in [0.25, 0.3) is 0 Å². The van der Waals surface area contributed by atoms with Crippen LogP contribution in [0.3, 0.4) is 0 Å². The van der Waals surface area contributed by atoms with Crippen LogP contribution in [-0.2, 0) is 0 Å². The molecule has 1 aromatic heterocycles. The number of rotatable bonds is 5. The van der Waals surface area contributed by atoms with E-state index in [1.54, 1.807) is 0 Å². The molecule has 162 valence electrons. The zero-order valence-electron chi connectivity index (χ0n) is 18.6. The highest BCUT2D eigenvalue weighted by molar-refractivity contribution is 7.23. The molecule has 0 aliphatic rings. The highest BCUT2D eigenvalue weighted by Crippen LogP contribution is 2.45. The van der Waals surface area contributed by atoms with E-state index in [0.717, 1.165) is 17.1 Å². The van der Waals surface area contributed by atoms with Crippen LogP contribution < -0.4 is 4.90 Å². The van der Waals surface area contributed by atoms with Crippen LogP contribution in [0.25, 0.3) is 31.7 Å². The molecule has 0 N–H and O–H groups in total. The lowest BCUT2D eigenvalue weighted by Crippen LogP contribution is -2.09. The van der Waals surface area contributed by atoms with Crippen LogP contribution in [0.1, 0.15) is 0 Å². The van der Waals surface area contributed by atoms with Crippen molar-refractivity contribution in [1.82, 2.24) is 0 Å². The van der Waals surface area contributed by atoms with Crippen LogP contribution >= 0.6 is 11.3 Å². The molecule has 0 amide bonds. The molecule has 6 aromatic rings. The first kappa shape index (κ1) is 20.5. The predicted octanol–water partition coefficient (Wildman–Crippen LogP) is 9.71. The van der Waals surface area contributed by atoms with Crippen molar-refractivity contribution in [2.75, 3.05) is 4.90 Å². The Hall–Kier alpha value is -4.14. The first-order valence-electron chi connectivity index (χ1n) is 11.5. The highest BCUT2D eigenvalue weighted by Gasteiger charge is 2.17. The number of fused-ring (bicyclic) bond motifs is 1. The SMILES string of the molecule is c1ccc(-c2c(-c3ccc(N(c4ccccc4)c4ccccc4)cc3)sc3ccccc23)cc1. The molecule has 5 aromatic carbocycles. The second kappa shape index (κ2) is 9.01. The lowest BCUT2D eigenvalue weighted by Gasteiger charge is -2.25. The average Bonchev–Trinajstić information content (AvgIpc) is 3.31. The Morgan fingerprint density at radius 3 is 1.53 bits per heavy atom. The fourth-order valence-electron chi connectivity index (χ4n) is 4.50. The van der Waals surface area contributed by atoms with Gasteiger partial charge in [-0.3, -0.25) is 0 Å². The number of hydrogen-bond acceptors (Lipinski definition) is 2. The molecule has 0 spiro atoms. The van der Waals surface area contributed by atoms with E-state index < -0.39 is 0 Å². The first-order valence-corrected chi connectivity index (χ1v) is 12.3. The Bertz CT molecular complexity index is 1480. The molecule has 0 saturated heterocycles. The summed E-state index contributed by atoms with van der Waals surface area (Å²) < 4.78 is 1.32. The van der Waals surface area contributed by atoms with Crippen LogP contribution in [0.5, 0.6) is 0 Å². The minimum Gasteiger partial charge on any atom is -0.311 e. The Morgan fingerprint density at radius 2 is 0.912 bits per heavy atom. The molecule has 0 fully saturated rings. The number of anilines is 3. The molecule has 0 aliphatic carbocycles. The van der Waals surface area contributed by atoms with E-state index in [2.05, 4.69) is 144 Å². The molecule has 6 rings (SSSR count). The van der Waals surface area contributed by atoms with Gasteiger partial charge in [-0.2, -0.15) is 0 Å². The molecular formula is C32H23NS. The van der Waals surface area contributed by atoms with Gasteiger partial charge in [0.05, 0.1) is 0 Å². The zero-order valence-corrected chi connectivity index (χ0v) is 19.5. The molecule has 0 unspecified atom stereocenters. The summed E-state index contributed by atoms with van der Waals surface area (Å²) in [7, 11) is 0. The van der Waals surface area contributed by atoms with Crippen LogP contribution in [0.2, 0.25) is 0 Å². The summed E-state index contributed by atoms with van der Waals surface area (Å²) >= 11 is 1.87. The number of nitrogens with zero attached hydrogens (tertiary/aromatic N) is 1. The molecule has 0 atom stereocenters. The zero-order chi connectivity index (χ0) is 22.7. The quantitative estimate of drug-likeness (QED) is 0.251. The predicted molar refractivity (Wildman–Crippen MR) is 147 cm³/mol. The van der Waals surface area contributed by atoms with Gasteiger partial charge in [-0.25, -0.2) is 0 Å². The topological polar surface area (TPSA) is 3.24 Å². The fourth-order valence-corrected chi connectivity index (χ4v) is 5.73. The lowest BCUT2D eigenvalue weighted by molar-refractivity contribution is 1.28. The van der Waals surface area contributed by atoms with Crippen molar-refractivity contribution in [2.24, 2.45) is 0 Å². The first-order chi connectivity index (χ1) is 16.9. The van der Waals surface area contributed by atoms with Crippen molar-refractivity contribution in [1.29, 1.82) is 0 Å². The molecule has 2 heteroatoms. The van der Waals surface area contributed by atoms with Gasteiger partial charge in [0, 0.05) is 37.6 Å². The molecule has 0 bridgehead atoms. The average molecular weight is 454 g/mol. The van der Waals surface area contributed by atoms with E-state index in [1.807, 2.05) is 11.3 Å². The molecule has 0 radical (unpaired) electrons. The van der Waals surface area contributed by atoms with Gasteiger partial charge >= 0.3 is 0 Å². The number of para-hydroxylation sites is 2. The number of benzene rings is 5. The minimum absolute atomic E-state index is 1.14. The second-order valence-corrected chi connectivity index (χ2v) is 9.27. The van der Waals surface area contributed by atoms with Crippen molar-refractivity contribution >= 4 is 38.5 Å². The maximum absolute atomic E-state index is 2.30. The van der Waals surface area contributed by atoms with Gasteiger partial charge in [-0.05, 0) is 53.6 Å². The van der Waals surface area contributed by atoms with Gasteiger partial charge in [-0.1, -0.05) is 97.1 Å². The van der Waals surface area contributed by atoms with Crippen molar-refractivity contribution in [3.8, 4) is 21.6 Å². The van der Waals surface area contributed by atoms with Crippen LogP contribution in [0.4, 0.5) is 17.1 Å². The Kier molecular flexibility index (Phi) is 5.42. The van der Waals surface area contributed by atoms with Gasteiger partial charge in [0.1, 0.15) is 0 Å². The van der Waals surface area contributed by atoms with E-state index in [4.69, 9.17) is 0 Å². The molecule has 0 saturated carbocycles. The summed E-state index contributed by atoms with van der Waals surface area (Å²) in [5, 5.41) is 1.31. The molecule has 0 aliphatic heterocycles. The summed E-state index contributed by atoms with van der Waals surface area (Å²) in [5.74, 6) is 0. The maximum Gasteiger partial charge on any atom is 0.0462 e. The van der Waals surface area contributed by atoms with E-state index in [1.165, 1.54) is 31.7 Å². The van der Waals surface area contributed by atoms with E-state index in [0.29, 0.717) is 0 Å². The van der Waals surface area contributed by atoms with Crippen molar-refractivity contribution in [3.05, 3.63) is 140 Å². The lowest BCUT2D eigenvalue weighted by atomic mass is 9.99. The van der Waals surface area contributed by atoms with Crippen molar-refractivity contribution in [2.45, 2.75) is 0 Å². The Labute approximate surface area is 204 Å². The Balaban J connectivity index is 1.47. The third kappa shape index (κ3) is 3.79. The van der Waals surface area contributed by atoms with Gasteiger partial charge in [0.15, 0.2) is 0 Å². The standard InChI is InChI=1S/C32H23NS/c1-4-12-24(13-5-1)31-29-18-10-11-19-30(29)34-32(31)25-20-22-28(23-21-25)33(26-14-6-2-7-15-26)27-16-8-3-9-17-27/h1-23H. The van der Waals surface area contributed by atoms with Gasteiger partial charge in [-0.15, -0.1) is 11.3 Å². The molecule has 34 heavy (non-hydrogen) atoms. The third-order valence-corrected chi connectivity index (χ3v) is 7.29. The highest BCUT2D eigenvalue weighted by atomic mass is 32.1. The fraction of sp³-hybridized carbons (Fsp3) is 0. The summed E-state index contributed by atoms with van der Waals surface area (Å²) in [6.45, 7) is 0. The molecular weight excluding hydrogens is 430 g/mol. The monoisotopic (exact) mass is 453 g/mol. The smallest absolute Gasteiger partial charge is 0.0462 e. The number of thiophene rings is 1. The maximum atomic E-state index is 2.30. The summed E-state index contributed by atoms with van der Waals surface area (Å²) in [5.41, 5.74) is 7.25. The van der Waals surface area contributed by atoms with E-state index in [-0.39, 0.29) is 0 Å². The molecule has 1 nitrogen and oxygen atoms in total. The third-order valence-electron chi connectivity index (χ3n) is 6.07.